The Kier molecular flexibility index (Phi) is 3.21. The standard InChI is InChI=1S/C15H14N2O4/c1-17-7-6-11(14(17)18)21-12-8-16-10-5-3-2-4-9(10)13(12)15(19)20/h2-5,8,11H,6-7H2,1H3,(H,19,20). The van der Waals surface area contributed by atoms with Crippen molar-refractivity contribution in [2.75, 3.05) is 13.6 Å². The number of rotatable bonds is 3. The molecule has 0 bridgehead atoms. The van der Waals surface area contributed by atoms with Crippen molar-refractivity contribution in [3.63, 3.8) is 0 Å². The van der Waals surface area contributed by atoms with E-state index < -0.39 is 12.1 Å². The van der Waals surface area contributed by atoms with Crippen LogP contribution in [0.25, 0.3) is 10.9 Å². The molecule has 6 nitrogen and oxygen atoms in total. The zero-order chi connectivity index (χ0) is 15.0. The zero-order valence-electron chi connectivity index (χ0n) is 11.4. The summed E-state index contributed by atoms with van der Waals surface area (Å²) >= 11 is 0. The average Bonchev–Trinajstić information content (AvgIpc) is 2.78. The van der Waals surface area contributed by atoms with Gasteiger partial charge in [0.2, 0.25) is 0 Å². The third-order valence-corrected chi connectivity index (χ3v) is 3.60. The molecule has 1 atom stereocenters. The Morgan fingerprint density at radius 3 is 2.86 bits per heavy atom. The molecule has 1 aromatic heterocycles. The first kappa shape index (κ1) is 13.4. The number of carbonyl (C=O) groups excluding carboxylic acids is 1. The molecule has 2 heterocycles. The molecule has 1 amide bonds. The molecule has 0 radical (unpaired) electrons. The van der Waals surface area contributed by atoms with Crippen molar-refractivity contribution in [2.24, 2.45) is 0 Å². The van der Waals surface area contributed by atoms with Crippen molar-refractivity contribution in [3.05, 3.63) is 36.0 Å². The highest BCUT2D eigenvalue weighted by atomic mass is 16.5. The maximum atomic E-state index is 11.9. The minimum absolute atomic E-state index is 0.0444. The van der Waals surface area contributed by atoms with E-state index in [9.17, 15) is 14.7 Å². The number of likely N-dealkylation sites (tertiary alicyclic amines) is 1. The second-order valence-corrected chi connectivity index (χ2v) is 4.97. The second-order valence-electron chi connectivity index (χ2n) is 4.97. The number of para-hydroxylation sites is 1. The number of fused-ring (bicyclic) bond motifs is 1. The summed E-state index contributed by atoms with van der Waals surface area (Å²) in [5.41, 5.74) is 0.625. The van der Waals surface area contributed by atoms with Crippen molar-refractivity contribution in [1.82, 2.24) is 9.88 Å². The smallest absolute Gasteiger partial charge is 0.340 e. The van der Waals surface area contributed by atoms with E-state index in [1.54, 1.807) is 36.2 Å². The lowest BCUT2D eigenvalue weighted by atomic mass is 10.1. The van der Waals surface area contributed by atoms with Gasteiger partial charge in [0.15, 0.2) is 11.9 Å². The molecule has 1 aliphatic heterocycles. The Balaban J connectivity index is 2.04. The molecule has 108 valence electrons. The number of hydrogen-bond acceptors (Lipinski definition) is 4. The van der Waals surface area contributed by atoms with Gasteiger partial charge >= 0.3 is 5.97 Å². The minimum Gasteiger partial charge on any atom is -0.478 e. The first-order valence-electron chi connectivity index (χ1n) is 6.60. The number of amides is 1. The Bertz CT molecular complexity index is 729. The van der Waals surface area contributed by atoms with Gasteiger partial charge in [0, 0.05) is 25.4 Å². The van der Waals surface area contributed by atoms with Gasteiger partial charge in [-0.25, -0.2) is 4.79 Å². The molecule has 1 unspecified atom stereocenters. The van der Waals surface area contributed by atoms with Crippen LogP contribution in [0.4, 0.5) is 0 Å². The van der Waals surface area contributed by atoms with Crippen molar-refractivity contribution >= 4 is 22.8 Å². The molecule has 0 aliphatic carbocycles. The number of carboxylic acid groups (broad SMARTS) is 1. The number of likely N-dealkylation sites (N-methyl/N-ethyl adjacent to an activating group) is 1. The molecule has 0 saturated carbocycles. The van der Waals surface area contributed by atoms with Crippen LogP contribution < -0.4 is 4.74 Å². The first-order chi connectivity index (χ1) is 10.1. The van der Waals surface area contributed by atoms with E-state index >= 15 is 0 Å². The van der Waals surface area contributed by atoms with Gasteiger partial charge in [-0.3, -0.25) is 9.78 Å². The van der Waals surface area contributed by atoms with Crippen molar-refractivity contribution < 1.29 is 19.4 Å². The number of nitrogens with zero attached hydrogens (tertiary/aromatic N) is 2. The van der Waals surface area contributed by atoms with E-state index in [0.29, 0.717) is 23.9 Å². The van der Waals surface area contributed by atoms with Crippen LogP contribution in [0.3, 0.4) is 0 Å². The van der Waals surface area contributed by atoms with Gasteiger partial charge in [-0.2, -0.15) is 0 Å². The number of carboxylic acids is 1. The lowest BCUT2D eigenvalue weighted by Gasteiger charge is -2.15. The number of ether oxygens (including phenoxy) is 1. The third-order valence-electron chi connectivity index (χ3n) is 3.60. The number of carbonyl (C=O) groups is 2. The van der Waals surface area contributed by atoms with Crippen molar-refractivity contribution in [3.8, 4) is 5.75 Å². The summed E-state index contributed by atoms with van der Waals surface area (Å²) < 4.78 is 5.62. The third kappa shape index (κ3) is 2.29. The molecule has 21 heavy (non-hydrogen) atoms. The van der Waals surface area contributed by atoms with Crippen LogP contribution in [-0.2, 0) is 4.79 Å². The molecule has 1 aromatic carbocycles. The highest BCUT2D eigenvalue weighted by Gasteiger charge is 2.32. The quantitative estimate of drug-likeness (QED) is 0.925. The molecule has 1 N–H and O–H groups in total. The monoisotopic (exact) mass is 286 g/mol. The topological polar surface area (TPSA) is 79.7 Å². The maximum Gasteiger partial charge on any atom is 0.340 e. The Hall–Kier alpha value is -2.63. The molecular weight excluding hydrogens is 272 g/mol. The molecule has 1 aliphatic rings. The number of aromatic carboxylic acids is 1. The summed E-state index contributed by atoms with van der Waals surface area (Å²) in [6, 6.07) is 6.95. The lowest BCUT2D eigenvalue weighted by molar-refractivity contribution is -0.132. The fourth-order valence-electron chi connectivity index (χ4n) is 2.49. The largest absolute Gasteiger partial charge is 0.478 e. The van der Waals surface area contributed by atoms with Crippen LogP contribution in [0.5, 0.6) is 5.75 Å². The summed E-state index contributed by atoms with van der Waals surface area (Å²) in [7, 11) is 1.70. The normalized spacial score (nSPS) is 18.2. The molecule has 1 fully saturated rings. The molecule has 1 saturated heterocycles. The highest BCUT2D eigenvalue weighted by Crippen LogP contribution is 2.28. The number of benzene rings is 1. The van der Waals surface area contributed by atoms with Crippen LogP contribution in [0.2, 0.25) is 0 Å². The molecule has 0 spiro atoms. The maximum absolute atomic E-state index is 11.9. The van der Waals surface area contributed by atoms with E-state index in [1.165, 1.54) is 6.20 Å². The van der Waals surface area contributed by atoms with E-state index in [0.717, 1.165) is 0 Å². The van der Waals surface area contributed by atoms with E-state index in [4.69, 9.17) is 4.74 Å². The minimum atomic E-state index is -1.09. The lowest BCUT2D eigenvalue weighted by Crippen LogP contribution is -2.29. The highest BCUT2D eigenvalue weighted by molar-refractivity contribution is 6.05. The van der Waals surface area contributed by atoms with Gasteiger partial charge in [0.05, 0.1) is 11.7 Å². The first-order valence-corrected chi connectivity index (χ1v) is 6.60. The molecule has 3 rings (SSSR count). The van der Waals surface area contributed by atoms with Crippen LogP contribution in [0.15, 0.2) is 30.5 Å². The predicted octanol–water partition coefficient (Wildman–Crippen LogP) is 1.54. The molecular formula is C15H14N2O4. The summed E-state index contributed by atoms with van der Waals surface area (Å²) in [5.74, 6) is -1.10. The average molecular weight is 286 g/mol. The second kappa shape index (κ2) is 5.05. The zero-order valence-corrected chi connectivity index (χ0v) is 11.4. The summed E-state index contributed by atoms with van der Waals surface area (Å²) in [6.45, 7) is 0.604. The van der Waals surface area contributed by atoms with Crippen LogP contribution >= 0.6 is 0 Å². The Morgan fingerprint density at radius 1 is 1.43 bits per heavy atom. The van der Waals surface area contributed by atoms with Crippen molar-refractivity contribution in [1.29, 1.82) is 0 Å². The van der Waals surface area contributed by atoms with E-state index in [1.807, 2.05) is 0 Å². The number of aromatic nitrogens is 1. The Morgan fingerprint density at radius 2 is 2.19 bits per heavy atom. The van der Waals surface area contributed by atoms with Gasteiger partial charge < -0.3 is 14.7 Å². The van der Waals surface area contributed by atoms with Gasteiger partial charge in [0.25, 0.3) is 5.91 Å². The number of pyridine rings is 1. The summed E-state index contributed by atoms with van der Waals surface area (Å²) in [6.07, 6.45) is 1.27. The molecule has 2 aromatic rings. The SMILES string of the molecule is CN1CCC(Oc2cnc3ccccc3c2C(=O)O)C1=O. The molecule has 6 heteroatoms. The van der Waals surface area contributed by atoms with Crippen LogP contribution in [0, 0.1) is 0 Å². The van der Waals surface area contributed by atoms with E-state index in [-0.39, 0.29) is 17.2 Å². The summed E-state index contributed by atoms with van der Waals surface area (Å²) in [5, 5.41) is 9.95. The van der Waals surface area contributed by atoms with Gasteiger partial charge in [-0.05, 0) is 6.07 Å². The Labute approximate surface area is 121 Å². The number of hydrogen-bond donors (Lipinski definition) is 1. The summed E-state index contributed by atoms with van der Waals surface area (Å²) in [4.78, 5) is 29.2. The van der Waals surface area contributed by atoms with Crippen LogP contribution in [0.1, 0.15) is 16.8 Å². The fraction of sp³-hybridized carbons (Fsp3) is 0.267. The van der Waals surface area contributed by atoms with Gasteiger partial charge in [-0.1, -0.05) is 18.2 Å². The van der Waals surface area contributed by atoms with E-state index in [2.05, 4.69) is 4.98 Å². The van der Waals surface area contributed by atoms with Crippen molar-refractivity contribution in [2.45, 2.75) is 12.5 Å². The van der Waals surface area contributed by atoms with Gasteiger partial charge in [-0.15, -0.1) is 0 Å². The van der Waals surface area contributed by atoms with Gasteiger partial charge in [0.1, 0.15) is 5.56 Å². The predicted molar refractivity (Wildman–Crippen MR) is 75.4 cm³/mol. The van der Waals surface area contributed by atoms with Crippen LogP contribution in [-0.4, -0.2) is 46.6 Å². The fourth-order valence-corrected chi connectivity index (χ4v) is 2.49.